The first-order valence-corrected chi connectivity index (χ1v) is 4.74. The van der Waals surface area contributed by atoms with Gasteiger partial charge in [-0.05, 0) is 19.1 Å². The van der Waals surface area contributed by atoms with E-state index >= 15 is 0 Å². The summed E-state index contributed by atoms with van der Waals surface area (Å²) in [6.07, 6.45) is 2.13. The summed E-state index contributed by atoms with van der Waals surface area (Å²) in [6, 6.07) is 3.53. The van der Waals surface area contributed by atoms with Gasteiger partial charge < -0.3 is 9.73 Å². The molecule has 0 saturated carbocycles. The SMILES string of the molecule is C/C(CC(=O)NCc1ccco1)=N/NC=O. The quantitative estimate of drug-likeness (QED) is 0.416. The Labute approximate surface area is 92.7 Å². The Morgan fingerprint density at radius 1 is 1.62 bits per heavy atom. The van der Waals surface area contributed by atoms with Crippen LogP contribution in [0.1, 0.15) is 19.1 Å². The first-order chi connectivity index (χ1) is 7.72. The van der Waals surface area contributed by atoms with Gasteiger partial charge >= 0.3 is 0 Å². The van der Waals surface area contributed by atoms with Gasteiger partial charge in [0.05, 0.1) is 19.2 Å². The summed E-state index contributed by atoms with van der Waals surface area (Å²) in [5.41, 5.74) is 2.66. The van der Waals surface area contributed by atoms with Crippen molar-refractivity contribution in [3.8, 4) is 0 Å². The van der Waals surface area contributed by atoms with Gasteiger partial charge in [-0.25, -0.2) is 5.43 Å². The van der Waals surface area contributed by atoms with E-state index in [1.165, 1.54) is 0 Å². The number of nitrogens with zero attached hydrogens (tertiary/aromatic N) is 1. The van der Waals surface area contributed by atoms with Crippen molar-refractivity contribution >= 4 is 18.0 Å². The van der Waals surface area contributed by atoms with E-state index in [0.717, 1.165) is 0 Å². The normalized spacial score (nSPS) is 10.9. The molecule has 0 aliphatic rings. The summed E-state index contributed by atoms with van der Waals surface area (Å²) < 4.78 is 5.05. The van der Waals surface area contributed by atoms with E-state index < -0.39 is 0 Å². The lowest BCUT2D eigenvalue weighted by Gasteiger charge is -2.02. The van der Waals surface area contributed by atoms with E-state index in [1.807, 2.05) is 0 Å². The summed E-state index contributed by atoms with van der Waals surface area (Å²) >= 11 is 0. The first kappa shape index (κ1) is 12.0. The number of nitrogens with one attached hydrogen (secondary N) is 2. The van der Waals surface area contributed by atoms with Crippen molar-refractivity contribution in [3.63, 3.8) is 0 Å². The maximum atomic E-state index is 11.4. The molecule has 0 bridgehead atoms. The van der Waals surface area contributed by atoms with Gasteiger partial charge in [-0.2, -0.15) is 5.10 Å². The number of hydrazone groups is 1. The highest BCUT2D eigenvalue weighted by Gasteiger charge is 2.04. The van der Waals surface area contributed by atoms with Gasteiger partial charge in [0, 0.05) is 5.71 Å². The van der Waals surface area contributed by atoms with Crippen LogP contribution >= 0.6 is 0 Å². The van der Waals surface area contributed by atoms with E-state index in [4.69, 9.17) is 4.42 Å². The molecule has 0 aliphatic carbocycles. The Bertz CT molecular complexity index is 371. The fourth-order valence-electron chi connectivity index (χ4n) is 1.07. The number of amides is 2. The van der Waals surface area contributed by atoms with Crippen LogP contribution in [0.2, 0.25) is 0 Å². The molecule has 0 unspecified atom stereocenters. The number of hydrogen-bond donors (Lipinski definition) is 2. The van der Waals surface area contributed by atoms with Crippen LogP contribution in [-0.4, -0.2) is 18.0 Å². The average Bonchev–Trinajstić information content (AvgIpc) is 2.76. The summed E-state index contributed by atoms with van der Waals surface area (Å²) in [5, 5.41) is 6.30. The summed E-state index contributed by atoms with van der Waals surface area (Å²) in [5.74, 6) is 0.513. The number of carbonyl (C=O) groups is 2. The number of carbonyl (C=O) groups excluding carboxylic acids is 2. The van der Waals surface area contributed by atoms with Gasteiger partial charge in [-0.15, -0.1) is 0 Å². The minimum atomic E-state index is -0.176. The Balaban J connectivity index is 2.28. The molecule has 86 valence electrons. The second-order valence-corrected chi connectivity index (χ2v) is 3.13. The van der Waals surface area contributed by atoms with Gasteiger partial charge in [0.2, 0.25) is 12.3 Å². The van der Waals surface area contributed by atoms with Gasteiger partial charge in [-0.3, -0.25) is 9.59 Å². The molecule has 1 aromatic heterocycles. The third-order valence-electron chi connectivity index (χ3n) is 1.76. The lowest BCUT2D eigenvalue weighted by Crippen LogP contribution is -2.24. The van der Waals surface area contributed by atoms with Gasteiger partial charge in [0.1, 0.15) is 5.76 Å². The van der Waals surface area contributed by atoms with Crippen LogP contribution in [0, 0.1) is 0 Å². The predicted molar refractivity (Wildman–Crippen MR) is 57.5 cm³/mol. The molecule has 2 amide bonds. The van der Waals surface area contributed by atoms with E-state index in [-0.39, 0.29) is 12.3 Å². The Morgan fingerprint density at radius 3 is 3.06 bits per heavy atom. The van der Waals surface area contributed by atoms with Crippen LogP contribution in [-0.2, 0) is 16.1 Å². The van der Waals surface area contributed by atoms with Crippen molar-refractivity contribution in [1.29, 1.82) is 0 Å². The van der Waals surface area contributed by atoms with Crippen molar-refractivity contribution < 1.29 is 14.0 Å². The molecular weight excluding hydrogens is 210 g/mol. The van der Waals surface area contributed by atoms with Crippen molar-refractivity contribution in [2.45, 2.75) is 19.9 Å². The number of rotatable bonds is 6. The van der Waals surface area contributed by atoms with Crippen molar-refractivity contribution in [3.05, 3.63) is 24.2 Å². The molecule has 6 nitrogen and oxygen atoms in total. The van der Waals surface area contributed by atoms with E-state index in [2.05, 4.69) is 15.8 Å². The Hall–Kier alpha value is -2.11. The monoisotopic (exact) mass is 223 g/mol. The van der Waals surface area contributed by atoms with Gasteiger partial charge in [0.15, 0.2) is 0 Å². The second-order valence-electron chi connectivity index (χ2n) is 3.13. The topological polar surface area (TPSA) is 83.7 Å². The molecule has 0 spiro atoms. The molecular formula is C10H13N3O3. The van der Waals surface area contributed by atoms with Crippen LogP contribution in [0.3, 0.4) is 0 Å². The zero-order valence-electron chi connectivity index (χ0n) is 8.90. The molecule has 1 rings (SSSR count). The summed E-state index contributed by atoms with van der Waals surface area (Å²) in [6.45, 7) is 2.00. The fourth-order valence-corrected chi connectivity index (χ4v) is 1.07. The summed E-state index contributed by atoms with van der Waals surface area (Å²) in [7, 11) is 0. The molecule has 16 heavy (non-hydrogen) atoms. The molecule has 0 radical (unpaired) electrons. The van der Waals surface area contributed by atoms with Gasteiger partial charge in [-0.1, -0.05) is 0 Å². The highest BCUT2D eigenvalue weighted by Crippen LogP contribution is 1.98. The standard InChI is InChI=1S/C10H13N3O3/c1-8(13-12-7-14)5-10(15)11-6-9-3-2-4-16-9/h2-4,7H,5-6H2,1H3,(H,11,15)(H,12,14)/b13-8-. The molecule has 0 atom stereocenters. The lowest BCUT2D eigenvalue weighted by atomic mass is 10.3. The average molecular weight is 223 g/mol. The summed E-state index contributed by atoms with van der Waals surface area (Å²) in [4.78, 5) is 21.3. The lowest BCUT2D eigenvalue weighted by molar-refractivity contribution is -0.120. The predicted octanol–water partition coefficient (Wildman–Crippen LogP) is 0.408. The fraction of sp³-hybridized carbons (Fsp3) is 0.300. The number of furan rings is 1. The second kappa shape index (κ2) is 6.39. The molecule has 1 aromatic rings. The van der Waals surface area contributed by atoms with E-state index in [9.17, 15) is 9.59 Å². The first-order valence-electron chi connectivity index (χ1n) is 4.74. The highest BCUT2D eigenvalue weighted by atomic mass is 16.3. The third kappa shape index (κ3) is 4.41. The smallest absolute Gasteiger partial charge is 0.227 e. The van der Waals surface area contributed by atoms with Gasteiger partial charge in [0.25, 0.3) is 0 Å². The van der Waals surface area contributed by atoms with E-state index in [1.54, 1.807) is 25.3 Å². The largest absolute Gasteiger partial charge is 0.467 e. The van der Waals surface area contributed by atoms with Crippen molar-refractivity contribution in [1.82, 2.24) is 10.7 Å². The van der Waals surface area contributed by atoms with Crippen molar-refractivity contribution in [2.75, 3.05) is 0 Å². The zero-order valence-corrected chi connectivity index (χ0v) is 8.90. The minimum absolute atomic E-state index is 0.140. The van der Waals surface area contributed by atoms with Crippen LogP contribution < -0.4 is 10.7 Å². The molecule has 6 heteroatoms. The third-order valence-corrected chi connectivity index (χ3v) is 1.76. The van der Waals surface area contributed by atoms with Crippen molar-refractivity contribution in [2.24, 2.45) is 5.10 Å². The van der Waals surface area contributed by atoms with E-state index in [0.29, 0.717) is 24.4 Å². The van der Waals surface area contributed by atoms with Crippen LogP contribution in [0.4, 0.5) is 0 Å². The Kier molecular flexibility index (Phi) is 4.78. The molecule has 0 aliphatic heterocycles. The maximum Gasteiger partial charge on any atom is 0.227 e. The maximum absolute atomic E-state index is 11.4. The van der Waals surface area contributed by atoms with Crippen LogP contribution in [0.5, 0.6) is 0 Å². The molecule has 1 heterocycles. The molecule has 2 N–H and O–H groups in total. The van der Waals surface area contributed by atoms with Crippen LogP contribution in [0.15, 0.2) is 27.9 Å². The molecule has 0 fully saturated rings. The molecule has 0 aromatic carbocycles. The Morgan fingerprint density at radius 2 is 2.44 bits per heavy atom. The minimum Gasteiger partial charge on any atom is -0.467 e. The highest BCUT2D eigenvalue weighted by molar-refractivity contribution is 5.99. The zero-order chi connectivity index (χ0) is 11.8. The van der Waals surface area contributed by atoms with Crippen LogP contribution in [0.25, 0.3) is 0 Å². The number of hydrogen-bond acceptors (Lipinski definition) is 4. The molecule has 0 saturated heterocycles.